The molecule has 0 unspecified atom stereocenters. The molecule has 27 heavy (non-hydrogen) atoms. The molecule has 3 atom stereocenters. The summed E-state index contributed by atoms with van der Waals surface area (Å²) in [6.45, 7) is 1.97. The molecule has 0 saturated carbocycles. The minimum absolute atomic E-state index is 0.141. The van der Waals surface area contributed by atoms with Crippen LogP contribution in [0.3, 0.4) is 0 Å². The number of aromatic nitrogens is 1. The van der Waals surface area contributed by atoms with E-state index in [1.807, 2.05) is 9.80 Å². The highest BCUT2D eigenvalue weighted by atomic mass is 19.2. The van der Waals surface area contributed by atoms with Gasteiger partial charge >= 0.3 is 0 Å². The SMILES string of the molecule is O=C(c1cc2cc(F)c(F)cc2[nH]1)N1C[C@@H]2C[C@H](C1)[C@@H]1CCCC(=O)N1C2. The first-order valence-corrected chi connectivity index (χ1v) is 9.56. The van der Waals surface area contributed by atoms with E-state index in [1.54, 1.807) is 6.07 Å². The number of fused-ring (bicyclic) bond motifs is 5. The first kappa shape index (κ1) is 16.7. The Morgan fingerprint density at radius 3 is 2.78 bits per heavy atom. The molecule has 3 aliphatic rings. The van der Waals surface area contributed by atoms with Crippen molar-refractivity contribution in [2.24, 2.45) is 11.8 Å². The summed E-state index contributed by atoms with van der Waals surface area (Å²) in [5, 5.41) is 0.485. The third-order valence-corrected chi connectivity index (χ3v) is 6.36. The van der Waals surface area contributed by atoms with Crippen LogP contribution in [0.5, 0.6) is 0 Å². The second-order valence-electron chi connectivity index (χ2n) is 8.11. The van der Waals surface area contributed by atoms with Crippen molar-refractivity contribution >= 4 is 22.7 Å². The average Bonchev–Trinajstić information content (AvgIpc) is 3.05. The summed E-state index contributed by atoms with van der Waals surface area (Å²) >= 11 is 0. The van der Waals surface area contributed by atoms with E-state index in [2.05, 4.69) is 4.98 Å². The number of nitrogens with zero attached hydrogens (tertiary/aromatic N) is 2. The Kier molecular flexibility index (Phi) is 3.74. The van der Waals surface area contributed by atoms with Crippen LogP contribution in [0.2, 0.25) is 0 Å². The average molecular weight is 373 g/mol. The molecule has 0 aliphatic carbocycles. The maximum atomic E-state index is 13.4. The molecule has 1 N–H and O–H groups in total. The van der Waals surface area contributed by atoms with Gasteiger partial charge in [-0.2, -0.15) is 0 Å². The normalized spacial score (nSPS) is 27.8. The van der Waals surface area contributed by atoms with Gasteiger partial charge in [-0.3, -0.25) is 9.59 Å². The summed E-state index contributed by atoms with van der Waals surface area (Å²) in [6.07, 6.45) is 3.63. The van der Waals surface area contributed by atoms with Crippen molar-refractivity contribution in [3.63, 3.8) is 0 Å². The highest BCUT2D eigenvalue weighted by Gasteiger charge is 2.44. The van der Waals surface area contributed by atoms with Gasteiger partial charge in [-0.05, 0) is 43.2 Å². The summed E-state index contributed by atoms with van der Waals surface area (Å²) in [7, 11) is 0. The van der Waals surface area contributed by atoms with E-state index in [0.29, 0.717) is 47.9 Å². The van der Waals surface area contributed by atoms with Gasteiger partial charge in [-0.1, -0.05) is 0 Å². The van der Waals surface area contributed by atoms with Crippen LogP contribution < -0.4 is 0 Å². The maximum Gasteiger partial charge on any atom is 0.270 e. The molecule has 4 heterocycles. The summed E-state index contributed by atoms with van der Waals surface area (Å²) in [6, 6.07) is 4.01. The van der Waals surface area contributed by atoms with Crippen LogP contribution in [0.1, 0.15) is 36.2 Å². The minimum Gasteiger partial charge on any atom is -0.350 e. The number of likely N-dealkylation sites (tertiary alicyclic amines) is 1. The fourth-order valence-electron chi connectivity index (χ4n) is 5.19. The van der Waals surface area contributed by atoms with Crippen LogP contribution in [0.4, 0.5) is 8.78 Å². The highest BCUT2D eigenvalue weighted by Crippen LogP contribution is 2.38. The van der Waals surface area contributed by atoms with Gasteiger partial charge in [0.05, 0.1) is 0 Å². The Balaban J connectivity index is 1.39. The molecular formula is C20H21F2N3O2. The van der Waals surface area contributed by atoms with E-state index in [9.17, 15) is 18.4 Å². The molecule has 142 valence electrons. The van der Waals surface area contributed by atoms with Crippen LogP contribution in [0.25, 0.3) is 10.9 Å². The zero-order valence-electron chi connectivity index (χ0n) is 14.9. The van der Waals surface area contributed by atoms with Crippen LogP contribution in [0, 0.1) is 23.5 Å². The van der Waals surface area contributed by atoms with Gasteiger partial charge in [0.25, 0.3) is 5.91 Å². The number of halogens is 2. The molecule has 3 fully saturated rings. The molecule has 3 aliphatic heterocycles. The first-order chi connectivity index (χ1) is 13.0. The van der Waals surface area contributed by atoms with E-state index in [1.165, 1.54) is 0 Å². The van der Waals surface area contributed by atoms with Crippen molar-refractivity contribution in [1.82, 2.24) is 14.8 Å². The van der Waals surface area contributed by atoms with Crippen LogP contribution in [0.15, 0.2) is 18.2 Å². The molecule has 1 aromatic heterocycles. The Hall–Kier alpha value is -2.44. The number of carbonyl (C=O) groups is 2. The molecule has 2 aromatic rings. The van der Waals surface area contributed by atoms with Crippen LogP contribution in [-0.4, -0.2) is 52.3 Å². The van der Waals surface area contributed by atoms with E-state index in [-0.39, 0.29) is 17.9 Å². The third kappa shape index (κ3) is 2.71. The van der Waals surface area contributed by atoms with Crippen molar-refractivity contribution in [3.8, 4) is 0 Å². The number of amides is 2. The quantitative estimate of drug-likeness (QED) is 0.836. The van der Waals surface area contributed by atoms with Gasteiger partial charge in [-0.25, -0.2) is 8.78 Å². The van der Waals surface area contributed by atoms with Gasteiger partial charge < -0.3 is 14.8 Å². The fraction of sp³-hybridized carbons (Fsp3) is 0.500. The lowest BCUT2D eigenvalue weighted by atomic mass is 9.76. The van der Waals surface area contributed by atoms with Crippen molar-refractivity contribution in [2.45, 2.75) is 31.7 Å². The molecule has 1 aromatic carbocycles. The smallest absolute Gasteiger partial charge is 0.270 e. The van der Waals surface area contributed by atoms with Gasteiger partial charge in [-0.15, -0.1) is 0 Å². The molecule has 0 radical (unpaired) electrons. The maximum absolute atomic E-state index is 13.4. The lowest BCUT2D eigenvalue weighted by molar-refractivity contribution is -0.144. The van der Waals surface area contributed by atoms with Crippen molar-refractivity contribution < 1.29 is 18.4 Å². The summed E-state index contributed by atoms with van der Waals surface area (Å²) in [5.41, 5.74) is 0.769. The largest absolute Gasteiger partial charge is 0.350 e. The molecular weight excluding hydrogens is 352 g/mol. The monoisotopic (exact) mass is 373 g/mol. The molecule has 3 saturated heterocycles. The lowest BCUT2D eigenvalue weighted by Crippen LogP contribution is -2.61. The number of hydrogen-bond acceptors (Lipinski definition) is 2. The van der Waals surface area contributed by atoms with E-state index >= 15 is 0 Å². The summed E-state index contributed by atoms with van der Waals surface area (Å²) in [5.74, 6) is -1.14. The van der Waals surface area contributed by atoms with E-state index in [4.69, 9.17) is 0 Å². The fourth-order valence-corrected chi connectivity index (χ4v) is 5.19. The second-order valence-corrected chi connectivity index (χ2v) is 8.11. The van der Waals surface area contributed by atoms with Gasteiger partial charge in [0.1, 0.15) is 5.69 Å². The highest BCUT2D eigenvalue weighted by molar-refractivity contribution is 5.98. The first-order valence-electron chi connectivity index (χ1n) is 9.56. The molecule has 7 heteroatoms. The summed E-state index contributed by atoms with van der Waals surface area (Å²) in [4.78, 5) is 32.1. The zero-order chi connectivity index (χ0) is 18.7. The number of hydrogen-bond donors (Lipinski definition) is 1. The standard InChI is InChI=1S/C20H21F2N3O2/c21-14-5-12-6-17(23-16(12)7-15(14)22)20(27)24-8-11-4-13(10-24)18-2-1-3-19(26)25(18)9-11/h5-7,11,13,18,23H,1-4,8-10H2/t11-,13+,18-/m0/s1. The van der Waals surface area contributed by atoms with Crippen molar-refractivity contribution in [3.05, 3.63) is 35.5 Å². The number of piperidine rings is 3. The number of benzene rings is 1. The molecule has 0 spiro atoms. The van der Waals surface area contributed by atoms with Gasteiger partial charge in [0, 0.05) is 49.1 Å². The predicted octanol–water partition coefficient (Wildman–Crippen LogP) is 2.92. The molecule has 2 amide bonds. The minimum atomic E-state index is -0.932. The predicted molar refractivity (Wildman–Crippen MR) is 95.1 cm³/mol. The Bertz CT molecular complexity index is 902. The van der Waals surface area contributed by atoms with E-state index < -0.39 is 11.6 Å². The van der Waals surface area contributed by atoms with Crippen LogP contribution >= 0.6 is 0 Å². The number of aromatic amines is 1. The van der Waals surface area contributed by atoms with Crippen molar-refractivity contribution in [2.75, 3.05) is 19.6 Å². The Morgan fingerprint density at radius 1 is 1.11 bits per heavy atom. The van der Waals surface area contributed by atoms with Gasteiger partial charge in [0.2, 0.25) is 5.91 Å². The number of carbonyl (C=O) groups excluding carboxylic acids is 2. The number of H-pyrrole nitrogens is 1. The zero-order valence-corrected chi connectivity index (χ0v) is 14.9. The third-order valence-electron chi connectivity index (χ3n) is 6.36. The summed E-state index contributed by atoms with van der Waals surface area (Å²) < 4.78 is 26.9. The Labute approximate surface area is 155 Å². The number of rotatable bonds is 1. The molecule has 5 nitrogen and oxygen atoms in total. The molecule has 5 rings (SSSR count). The van der Waals surface area contributed by atoms with Crippen LogP contribution in [-0.2, 0) is 4.79 Å². The number of nitrogens with one attached hydrogen (secondary N) is 1. The molecule has 2 bridgehead atoms. The topological polar surface area (TPSA) is 56.4 Å². The Morgan fingerprint density at radius 2 is 1.93 bits per heavy atom. The second kappa shape index (κ2) is 6.04. The van der Waals surface area contributed by atoms with E-state index in [0.717, 1.165) is 37.9 Å². The van der Waals surface area contributed by atoms with Gasteiger partial charge in [0.15, 0.2) is 11.6 Å². The lowest BCUT2D eigenvalue weighted by Gasteiger charge is -2.52. The van der Waals surface area contributed by atoms with Crippen molar-refractivity contribution in [1.29, 1.82) is 0 Å².